The summed E-state index contributed by atoms with van der Waals surface area (Å²) in [7, 11) is 0. The Hall–Kier alpha value is -1.65. The van der Waals surface area contributed by atoms with E-state index in [1.807, 2.05) is 55.5 Å². The van der Waals surface area contributed by atoms with Crippen LogP contribution in [-0.2, 0) is 16.7 Å². The molecule has 0 spiro atoms. The minimum Gasteiger partial charge on any atom is -0.377 e. The van der Waals surface area contributed by atoms with Crippen molar-refractivity contribution in [2.24, 2.45) is 0 Å². The number of nitrogens with one attached hydrogen (secondary N) is 1. The van der Waals surface area contributed by atoms with Crippen LogP contribution in [0, 0.1) is 0 Å². The Morgan fingerprint density at radius 1 is 1.14 bits per heavy atom. The van der Waals surface area contributed by atoms with Crippen molar-refractivity contribution >= 4 is 27.5 Å². The van der Waals surface area contributed by atoms with E-state index in [-0.39, 0.29) is 5.91 Å². The number of benzene rings is 2. The summed E-state index contributed by atoms with van der Waals surface area (Å²) in [5.41, 5.74) is 3.56. The van der Waals surface area contributed by atoms with Gasteiger partial charge in [0.25, 0.3) is 5.91 Å². The van der Waals surface area contributed by atoms with Crippen LogP contribution in [0.15, 0.2) is 48.5 Å². The molecule has 0 aliphatic rings. The van der Waals surface area contributed by atoms with Crippen molar-refractivity contribution in [1.82, 2.24) is 0 Å². The minimum atomic E-state index is -0.111. The predicted molar refractivity (Wildman–Crippen MR) is 88.8 cm³/mol. The van der Waals surface area contributed by atoms with E-state index in [0.29, 0.717) is 18.8 Å². The molecule has 0 fully saturated rings. The molecule has 3 nitrogen and oxygen atoms in total. The van der Waals surface area contributed by atoms with E-state index in [0.717, 1.165) is 22.1 Å². The zero-order valence-electron chi connectivity index (χ0n) is 11.9. The molecule has 0 saturated carbocycles. The van der Waals surface area contributed by atoms with Gasteiger partial charge in [-0.1, -0.05) is 46.3 Å². The highest BCUT2D eigenvalue weighted by Crippen LogP contribution is 2.17. The lowest BCUT2D eigenvalue weighted by atomic mass is 10.1. The Morgan fingerprint density at radius 2 is 1.86 bits per heavy atom. The molecule has 2 rings (SSSR count). The molecule has 0 unspecified atom stereocenters. The van der Waals surface area contributed by atoms with Gasteiger partial charge in [0.05, 0.1) is 6.61 Å². The number of halogens is 1. The van der Waals surface area contributed by atoms with Crippen LogP contribution in [0.5, 0.6) is 0 Å². The molecule has 0 saturated heterocycles. The zero-order valence-corrected chi connectivity index (χ0v) is 13.5. The van der Waals surface area contributed by atoms with E-state index in [9.17, 15) is 4.79 Å². The maximum Gasteiger partial charge on any atom is 0.255 e. The lowest BCUT2D eigenvalue weighted by Crippen LogP contribution is -2.13. The van der Waals surface area contributed by atoms with Crippen LogP contribution in [0.4, 0.5) is 5.69 Å². The van der Waals surface area contributed by atoms with Crippen LogP contribution in [0.2, 0.25) is 0 Å². The summed E-state index contributed by atoms with van der Waals surface area (Å²) in [6, 6.07) is 15.2. The van der Waals surface area contributed by atoms with Gasteiger partial charge in [-0.15, -0.1) is 0 Å². The van der Waals surface area contributed by atoms with E-state index < -0.39 is 0 Å². The molecule has 0 heterocycles. The third-order valence-electron chi connectivity index (χ3n) is 3.10. The molecule has 110 valence electrons. The van der Waals surface area contributed by atoms with Crippen molar-refractivity contribution in [3.05, 3.63) is 65.2 Å². The molecular weight excluding hydrogens is 330 g/mol. The number of ether oxygens (including phenoxy) is 1. The van der Waals surface area contributed by atoms with Gasteiger partial charge >= 0.3 is 0 Å². The van der Waals surface area contributed by atoms with Crippen LogP contribution in [0.1, 0.15) is 28.4 Å². The fraction of sp³-hybridized carbons (Fsp3) is 0.235. The quantitative estimate of drug-likeness (QED) is 0.788. The first-order chi connectivity index (χ1) is 10.2. The van der Waals surface area contributed by atoms with Gasteiger partial charge in [0, 0.05) is 28.8 Å². The first-order valence-corrected chi connectivity index (χ1v) is 7.98. The largest absolute Gasteiger partial charge is 0.377 e. The molecule has 1 amide bonds. The number of carbonyl (C=O) groups excluding carboxylic acids is 1. The van der Waals surface area contributed by atoms with Crippen LogP contribution >= 0.6 is 15.9 Å². The molecule has 0 atom stereocenters. The van der Waals surface area contributed by atoms with E-state index in [4.69, 9.17) is 4.74 Å². The normalized spacial score (nSPS) is 10.4. The first kappa shape index (κ1) is 15.7. The maximum absolute atomic E-state index is 12.3. The number of anilines is 1. The second-order valence-electron chi connectivity index (χ2n) is 4.58. The number of amides is 1. The molecule has 0 radical (unpaired) electrons. The van der Waals surface area contributed by atoms with Gasteiger partial charge in [0.1, 0.15) is 0 Å². The number of hydrogen-bond acceptors (Lipinski definition) is 2. The number of alkyl halides is 1. The van der Waals surface area contributed by atoms with Crippen molar-refractivity contribution in [3.63, 3.8) is 0 Å². The number of para-hydroxylation sites is 1. The average molecular weight is 348 g/mol. The van der Waals surface area contributed by atoms with Crippen molar-refractivity contribution in [2.75, 3.05) is 11.9 Å². The lowest BCUT2D eigenvalue weighted by Gasteiger charge is -2.11. The molecule has 0 aliphatic heterocycles. The first-order valence-electron chi connectivity index (χ1n) is 6.86. The van der Waals surface area contributed by atoms with Gasteiger partial charge in [0.15, 0.2) is 0 Å². The molecule has 2 aromatic carbocycles. The van der Waals surface area contributed by atoms with Gasteiger partial charge < -0.3 is 10.1 Å². The molecule has 0 aliphatic carbocycles. The summed E-state index contributed by atoms with van der Waals surface area (Å²) in [5.74, 6) is -0.111. The summed E-state index contributed by atoms with van der Waals surface area (Å²) in [6.45, 7) is 3.10. The van der Waals surface area contributed by atoms with Gasteiger partial charge in [-0.05, 0) is 30.7 Å². The SMILES string of the molecule is CCOCc1ccccc1NC(=O)c1ccc(CBr)cc1. The highest BCUT2D eigenvalue weighted by molar-refractivity contribution is 9.08. The Bertz CT molecular complexity index is 596. The summed E-state index contributed by atoms with van der Waals surface area (Å²) < 4.78 is 5.42. The van der Waals surface area contributed by atoms with E-state index >= 15 is 0 Å². The van der Waals surface area contributed by atoms with Gasteiger partial charge in [0.2, 0.25) is 0 Å². The Morgan fingerprint density at radius 3 is 2.52 bits per heavy atom. The van der Waals surface area contributed by atoms with E-state index in [1.165, 1.54) is 0 Å². The third-order valence-corrected chi connectivity index (χ3v) is 3.75. The van der Waals surface area contributed by atoms with Crippen LogP contribution in [0.25, 0.3) is 0 Å². The van der Waals surface area contributed by atoms with Gasteiger partial charge in [-0.3, -0.25) is 4.79 Å². The lowest BCUT2D eigenvalue weighted by molar-refractivity contribution is 0.102. The van der Waals surface area contributed by atoms with E-state index in [1.54, 1.807) is 0 Å². The molecule has 21 heavy (non-hydrogen) atoms. The zero-order chi connectivity index (χ0) is 15.1. The Kier molecular flexibility index (Phi) is 5.96. The molecule has 0 bridgehead atoms. The highest BCUT2D eigenvalue weighted by Gasteiger charge is 2.08. The Labute approximate surface area is 133 Å². The minimum absolute atomic E-state index is 0.111. The van der Waals surface area contributed by atoms with Crippen LogP contribution in [-0.4, -0.2) is 12.5 Å². The van der Waals surface area contributed by atoms with Gasteiger partial charge in [-0.25, -0.2) is 0 Å². The van der Waals surface area contributed by atoms with Crippen LogP contribution < -0.4 is 5.32 Å². The van der Waals surface area contributed by atoms with Crippen LogP contribution in [0.3, 0.4) is 0 Å². The summed E-state index contributed by atoms with van der Waals surface area (Å²) >= 11 is 3.39. The second-order valence-corrected chi connectivity index (χ2v) is 5.14. The monoisotopic (exact) mass is 347 g/mol. The van der Waals surface area contributed by atoms with Gasteiger partial charge in [-0.2, -0.15) is 0 Å². The van der Waals surface area contributed by atoms with Crippen molar-refractivity contribution in [1.29, 1.82) is 0 Å². The topological polar surface area (TPSA) is 38.3 Å². The summed E-state index contributed by atoms with van der Waals surface area (Å²) in [5, 5.41) is 3.73. The predicted octanol–water partition coefficient (Wildman–Crippen LogP) is 4.37. The van der Waals surface area contributed by atoms with Crippen molar-refractivity contribution in [3.8, 4) is 0 Å². The molecule has 0 aromatic heterocycles. The molecule has 1 N–H and O–H groups in total. The van der Waals surface area contributed by atoms with E-state index in [2.05, 4.69) is 21.2 Å². The number of rotatable bonds is 6. The van der Waals surface area contributed by atoms with Crippen molar-refractivity contribution in [2.45, 2.75) is 18.9 Å². The van der Waals surface area contributed by atoms with Crippen molar-refractivity contribution < 1.29 is 9.53 Å². The molecular formula is C17H18BrNO2. The summed E-state index contributed by atoms with van der Waals surface area (Å²) in [4.78, 5) is 12.3. The smallest absolute Gasteiger partial charge is 0.255 e. The maximum atomic E-state index is 12.3. The fourth-order valence-electron chi connectivity index (χ4n) is 1.92. The second kappa shape index (κ2) is 7.96. The molecule has 4 heteroatoms. The molecule has 2 aromatic rings. The third kappa shape index (κ3) is 4.41. The average Bonchev–Trinajstić information content (AvgIpc) is 2.54. The number of hydrogen-bond donors (Lipinski definition) is 1. The number of carbonyl (C=O) groups is 1. The standard InChI is InChI=1S/C17H18BrNO2/c1-2-21-12-15-5-3-4-6-16(15)19-17(20)14-9-7-13(11-18)8-10-14/h3-10H,2,11-12H2,1H3,(H,19,20). The fourth-order valence-corrected chi connectivity index (χ4v) is 2.29. The highest BCUT2D eigenvalue weighted by atomic mass is 79.9. The Balaban J connectivity index is 2.11. The summed E-state index contributed by atoms with van der Waals surface area (Å²) in [6.07, 6.45) is 0.